The fraction of sp³-hybridized carbons (Fsp3) is 0.400. The minimum Gasteiger partial charge on any atom is -0.344 e. The summed E-state index contributed by atoms with van der Waals surface area (Å²) in [4.78, 5) is 9.14. The standard InChI is InChI=1S/C15H18Cl2N2S/c1-8(2)13-15(19-14(18-13)9(3)4)20-12-6-10(16)5-11(17)7-12/h5-9H,1-4H3,(H,18,19). The summed E-state index contributed by atoms with van der Waals surface area (Å²) in [5.74, 6) is 1.79. The van der Waals surface area contributed by atoms with Gasteiger partial charge in [0.15, 0.2) is 0 Å². The van der Waals surface area contributed by atoms with Gasteiger partial charge in [0, 0.05) is 20.9 Å². The van der Waals surface area contributed by atoms with Crippen molar-refractivity contribution in [3.05, 3.63) is 39.8 Å². The molecule has 108 valence electrons. The quantitative estimate of drug-likeness (QED) is 0.732. The Morgan fingerprint density at radius 2 is 1.60 bits per heavy atom. The Kier molecular flexibility index (Phi) is 5.05. The Labute approximate surface area is 134 Å². The van der Waals surface area contributed by atoms with Crippen molar-refractivity contribution in [2.45, 2.75) is 49.5 Å². The lowest BCUT2D eigenvalue weighted by Crippen LogP contribution is -1.92. The molecule has 0 fully saturated rings. The molecule has 0 spiro atoms. The average molecular weight is 329 g/mol. The van der Waals surface area contributed by atoms with Crippen molar-refractivity contribution in [3.8, 4) is 0 Å². The highest BCUT2D eigenvalue weighted by Crippen LogP contribution is 2.35. The molecule has 0 bridgehead atoms. The summed E-state index contributed by atoms with van der Waals surface area (Å²) in [6.45, 7) is 8.58. The maximum atomic E-state index is 6.05. The van der Waals surface area contributed by atoms with E-state index in [1.54, 1.807) is 17.8 Å². The first kappa shape index (κ1) is 15.7. The van der Waals surface area contributed by atoms with Crippen molar-refractivity contribution in [3.63, 3.8) is 0 Å². The molecule has 0 radical (unpaired) electrons. The highest BCUT2D eigenvalue weighted by atomic mass is 35.5. The molecule has 0 saturated heterocycles. The van der Waals surface area contributed by atoms with Crippen molar-refractivity contribution in [1.29, 1.82) is 0 Å². The summed E-state index contributed by atoms with van der Waals surface area (Å²) in [5.41, 5.74) is 1.16. The van der Waals surface area contributed by atoms with E-state index in [0.29, 0.717) is 21.9 Å². The molecule has 0 aliphatic heterocycles. The minimum absolute atomic E-state index is 0.379. The third-order valence-corrected chi connectivity index (χ3v) is 4.30. The molecule has 2 nitrogen and oxygen atoms in total. The number of benzene rings is 1. The van der Waals surface area contributed by atoms with Crippen LogP contribution in [-0.2, 0) is 0 Å². The zero-order valence-electron chi connectivity index (χ0n) is 12.0. The van der Waals surface area contributed by atoms with Crippen molar-refractivity contribution in [2.75, 3.05) is 0 Å². The van der Waals surface area contributed by atoms with Gasteiger partial charge in [0.05, 0.1) is 5.69 Å². The molecule has 0 aliphatic rings. The molecular weight excluding hydrogens is 311 g/mol. The van der Waals surface area contributed by atoms with E-state index >= 15 is 0 Å². The summed E-state index contributed by atoms with van der Waals surface area (Å²) < 4.78 is 0. The number of H-pyrrole nitrogens is 1. The monoisotopic (exact) mass is 328 g/mol. The number of nitrogens with one attached hydrogen (secondary N) is 1. The van der Waals surface area contributed by atoms with Crippen LogP contribution in [0.3, 0.4) is 0 Å². The summed E-state index contributed by atoms with van der Waals surface area (Å²) in [7, 11) is 0. The third kappa shape index (κ3) is 3.72. The fourth-order valence-electron chi connectivity index (χ4n) is 1.83. The van der Waals surface area contributed by atoms with Gasteiger partial charge >= 0.3 is 0 Å². The van der Waals surface area contributed by atoms with Gasteiger partial charge in [-0.25, -0.2) is 4.98 Å². The molecular formula is C15H18Cl2N2S. The molecule has 0 saturated carbocycles. The first-order valence-corrected chi connectivity index (χ1v) is 8.17. The van der Waals surface area contributed by atoms with E-state index in [2.05, 4.69) is 32.7 Å². The lowest BCUT2D eigenvalue weighted by molar-refractivity contribution is 0.771. The number of rotatable bonds is 4. The number of halogens is 2. The Balaban J connectivity index is 2.36. The molecule has 20 heavy (non-hydrogen) atoms. The Morgan fingerprint density at radius 1 is 1.00 bits per heavy atom. The van der Waals surface area contributed by atoms with Crippen LogP contribution >= 0.6 is 35.0 Å². The molecule has 0 unspecified atom stereocenters. The first-order chi connectivity index (χ1) is 9.36. The zero-order chi connectivity index (χ0) is 14.9. The van der Waals surface area contributed by atoms with Crippen LogP contribution in [0.4, 0.5) is 0 Å². The number of aromatic amines is 1. The SMILES string of the molecule is CC(C)c1nc(Sc2cc(Cl)cc(Cl)c2)c(C(C)C)[nH]1. The second kappa shape index (κ2) is 6.42. The topological polar surface area (TPSA) is 28.7 Å². The van der Waals surface area contributed by atoms with Gasteiger partial charge in [0.1, 0.15) is 10.9 Å². The second-order valence-electron chi connectivity index (χ2n) is 5.36. The van der Waals surface area contributed by atoms with Crippen LogP contribution in [0.15, 0.2) is 28.1 Å². The smallest absolute Gasteiger partial charge is 0.122 e. The molecule has 2 aromatic rings. The van der Waals surface area contributed by atoms with E-state index in [4.69, 9.17) is 28.2 Å². The van der Waals surface area contributed by atoms with E-state index in [1.807, 2.05) is 12.1 Å². The van der Waals surface area contributed by atoms with Crippen molar-refractivity contribution >= 4 is 35.0 Å². The van der Waals surface area contributed by atoms with Crippen LogP contribution in [0, 0.1) is 0 Å². The van der Waals surface area contributed by atoms with Crippen LogP contribution < -0.4 is 0 Å². The minimum atomic E-state index is 0.379. The van der Waals surface area contributed by atoms with Gasteiger partial charge in [-0.3, -0.25) is 0 Å². The Bertz CT molecular complexity index is 586. The first-order valence-electron chi connectivity index (χ1n) is 6.60. The lowest BCUT2D eigenvalue weighted by Gasteiger charge is -2.06. The number of aromatic nitrogens is 2. The largest absolute Gasteiger partial charge is 0.344 e. The molecule has 0 atom stereocenters. The number of hydrogen-bond acceptors (Lipinski definition) is 2. The predicted octanol–water partition coefficient (Wildman–Crippen LogP) is 6.11. The Hall–Kier alpha value is -0.640. The number of hydrogen-bond donors (Lipinski definition) is 1. The van der Waals surface area contributed by atoms with Gasteiger partial charge in [0.2, 0.25) is 0 Å². The van der Waals surface area contributed by atoms with E-state index in [1.165, 1.54) is 0 Å². The van der Waals surface area contributed by atoms with Crippen LogP contribution in [0.1, 0.15) is 51.0 Å². The summed E-state index contributed by atoms with van der Waals surface area (Å²) in [6.07, 6.45) is 0. The molecule has 1 heterocycles. The average Bonchev–Trinajstić information content (AvgIpc) is 2.71. The van der Waals surface area contributed by atoms with Crippen LogP contribution in [0.2, 0.25) is 10.0 Å². The Morgan fingerprint density at radius 3 is 2.10 bits per heavy atom. The normalized spacial score (nSPS) is 11.6. The lowest BCUT2D eigenvalue weighted by atomic mass is 10.1. The highest BCUT2D eigenvalue weighted by Gasteiger charge is 2.16. The van der Waals surface area contributed by atoms with Crippen LogP contribution in [0.25, 0.3) is 0 Å². The third-order valence-electron chi connectivity index (χ3n) is 2.89. The van der Waals surface area contributed by atoms with Gasteiger partial charge in [-0.15, -0.1) is 0 Å². The summed E-state index contributed by atoms with van der Waals surface area (Å²) >= 11 is 13.7. The maximum absolute atomic E-state index is 6.05. The van der Waals surface area contributed by atoms with E-state index in [9.17, 15) is 0 Å². The summed E-state index contributed by atoms with van der Waals surface area (Å²) in [6, 6.07) is 5.55. The molecule has 0 aliphatic carbocycles. The summed E-state index contributed by atoms with van der Waals surface area (Å²) in [5, 5.41) is 2.29. The molecule has 5 heteroatoms. The maximum Gasteiger partial charge on any atom is 0.122 e. The van der Waals surface area contributed by atoms with E-state index in [-0.39, 0.29) is 0 Å². The van der Waals surface area contributed by atoms with Gasteiger partial charge in [-0.2, -0.15) is 0 Å². The second-order valence-corrected chi connectivity index (χ2v) is 7.29. The number of nitrogens with zero attached hydrogens (tertiary/aromatic N) is 1. The fourth-order valence-corrected chi connectivity index (χ4v) is 3.62. The van der Waals surface area contributed by atoms with Crippen molar-refractivity contribution < 1.29 is 0 Å². The van der Waals surface area contributed by atoms with Gasteiger partial charge in [-0.1, -0.05) is 62.7 Å². The van der Waals surface area contributed by atoms with Crippen molar-refractivity contribution in [2.24, 2.45) is 0 Å². The zero-order valence-corrected chi connectivity index (χ0v) is 14.3. The van der Waals surface area contributed by atoms with Crippen LogP contribution in [0.5, 0.6) is 0 Å². The molecule has 1 aromatic carbocycles. The van der Waals surface area contributed by atoms with Crippen molar-refractivity contribution in [1.82, 2.24) is 9.97 Å². The van der Waals surface area contributed by atoms with Gasteiger partial charge in [0.25, 0.3) is 0 Å². The van der Waals surface area contributed by atoms with E-state index < -0.39 is 0 Å². The van der Waals surface area contributed by atoms with Gasteiger partial charge < -0.3 is 4.98 Å². The number of imidazole rings is 1. The molecule has 0 amide bonds. The predicted molar refractivity (Wildman–Crippen MR) is 87.4 cm³/mol. The highest BCUT2D eigenvalue weighted by molar-refractivity contribution is 7.99. The van der Waals surface area contributed by atoms with E-state index in [0.717, 1.165) is 21.4 Å². The molecule has 1 N–H and O–H groups in total. The molecule has 1 aromatic heterocycles. The van der Waals surface area contributed by atoms with Crippen LogP contribution in [-0.4, -0.2) is 9.97 Å². The van der Waals surface area contributed by atoms with Gasteiger partial charge in [-0.05, 0) is 24.1 Å². The molecule has 2 rings (SSSR count).